The maximum Gasteiger partial charge on any atom is 0.271 e. The Labute approximate surface area is 120 Å². The number of nitrogen functional groups attached to an aromatic ring is 1. The van der Waals surface area contributed by atoms with Gasteiger partial charge in [-0.1, -0.05) is 5.16 Å². The van der Waals surface area contributed by atoms with Crippen LogP contribution < -0.4 is 5.73 Å². The van der Waals surface area contributed by atoms with Crippen molar-refractivity contribution in [1.82, 2.24) is 10.1 Å². The summed E-state index contributed by atoms with van der Waals surface area (Å²) < 4.78 is 10.5. The standard InChI is InChI=1S/C13H14N4O4/c14-11-7-9(17(18)19)1-2-10(11)13-15-12(16-21-13)8-3-5-20-6-4-8/h1-2,7-8H,3-6,14H2. The van der Waals surface area contributed by atoms with E-state index >= 15 is 0 Å². The van der Waals surface area contributed by atoms with Crippen LogP contribution in [0.3, 0.4) is 0 Å². The predicted molar refractivity (Wildman–Crippen MR) is 73.6 cm³/mol. The summed E-state index contributed by atoms with van der Waals surface area (Å²) in [5, 5.41) is 14.7. The first-order valence-electron chi connectivity index (χ1n) is 6.61. The second-order valence-corrected chi connectivity index (χ2v) is 4.87. The third kappa shape index (κ3) is 2.70. The van der Waals surface area contributed by atoms with Gasteiger partial charge in [-0.15, -0.1) is 0 Å². The van der Waals surface area contributed by atoms with E-state index in [2.05, 4.69) is 10.1 Å². The van der Waals surface area contributed by atoms with E-state index in [1.807, 2.05) is 0 Å². The van der Waals surface area contributed by atoms with Crippen molar-refractivity contribution in [1.29, 1.82) is 0 Å². The summed E-state index contributed by atoms with van der Waals surface area (Å²) in [5.41, 5.74) is 6.51. The number of nitro benzene ring substituents is 1. The number of ether oxygens (including phenoxy) is 1. The average molecular weight is 290 g/mol. The molecule has 0 bridgehead atoms. The third-order valence-electron chi connectivity index (χ3n) is 3.50. The second-order valence-electron chi connectivity index (χ2n) is 4.87. The molecule has 0 atom stereocenters. The van der Waals surface area contributed by atoms with Crippen molar-refractivity contribution in [2.24, 2.45) is 0 Å². The number of hydrogen-bond donors (Lipinski definition) is 1. The number of rotatable bonds is 3. The van der Waals surface area contributed by atoms with Crippen LogP contribution in [0.25, 0.3) is 11.5 Å². The molecule has 1 aliphatic rings. The Balaban J connectivity index is 1.87. The molecule has 1 aromatic heterocycles. The Morgan fingerprint density at radius 2 is 2.10 bits per heavy atom. The Morgan fingerprint density at radius 1 is 1.33 bits per heavy atom. The van der Waals surface area contributed by atoms with Crippen molar-refractivity contribution in [2.45, 2.75) is 18.8 Å². The van der Waals surface area contributed by atoms with E-state index in [0.717, 1.165) is 12.8 Å². The number of nitrogens with two attached hydrogens (primary N) is 1. The van der Waals surface area contributed by atoms with E-state index in [-0.39, 0.29) is 23.2 Å². The molecule has 110 valence electrons. The molecule has 1 aliphatic heterocycles. The van der Waals surface area contributed by atoms with E-state index in [0.29, 0.717) is 24.6 Å². The summed E-state index contributed by atoms with van der Waals surface area (Å²) in [6.07, 6.45) is 1.71. The molecule has 1 aromatic carbocycles. The van der Waals surface area contributed by atoms with Gasteiger partial charge in [-0.3, -0.25) is 10.1 Å². The minimum absolute atomic E-state index is 0.0691. The monoisotopic (exact) mass is 290 g/mol. The molecule has 1 fully saturated rings. The molecule has 8 nitrogen and oxygen atoms in total. The lowest BCUT2D eigenvalue weighted by molar-refractivity contribution is -0.384. The van der Waals surface area contributed by atoms with Gasteiger partial charge in [0.15, 0.2) is 5.82 Å². The van der Waals surface area contributed by atoms with Crippen molar-refractivity contribution in [3.05, 3.63) is 34.1 Å². The first-order chi connectivity index (χ1) is 10.1. The number of benzene rings is 1. The maximum atomic E-state index is 10.7. The van der Waals surface area contributed by atoms with Crippen molar-refractivity contribution in [2.75, 3.05) is 18.9 Å². The quantitative estimate of drug-likeness (QED) is 0.522. The van der Waals surface area contributed by atoms with Crippen LogP contribution in [0.15, 0.2) is 22.7 Å². The number of anilines is 1. The molecule has 0 aliphatic carbocycles. The van der Waals surface area contributed by atoms with Gasteiger partial charge in [0.1, 0.15) is 0 Å². The SMILES string of the molecule is Nc1cc([N+](=O)[O-])ccc1-c1nc(C2CCOCC2)no1. The zero-order valence-corrected chi connectivity index (χ0v) is 11.2. The van der Waals surface area contributed by atoms with Gasteiger partial charge < -0.3 is 15.0 Å². The fourth-order valence-corrected chi connectivity index (χ4v) is 2.32. The summed E-state index contributed by atoms with van der Waals surface area (Å²) in [4.78, 5) is 14.6. The fourth-order valence-electron chi connectivity index (χ4n) is 2.32. The Morgan fingerprint density at radius 3 is 2.76 bits per heavy atom. The molecular weight excluding hydrogens is 276 g/mol. The van der Waals surface area contributed by atoms with Gasteiger partial charge in [-0.25, -0.2) is 0 Å². The lowest BCUT2D eigenvalue weighted by atomic mass is 10.00. The van der Waals surface area contributed by atoms with Crippen LogP contribution in [0.4, 0.5) is 11.4 Å². The van der Waals surface area contributed by atoms with Gasteiger partial charge in [-0.2, -0.15) is 4.98 Å². The lowest BCUT2D eigenvalue weighted by Crippen LogP contribution is -2.15. The number of aromatic nitrogens is 2. The first kappa shape index (κ1) is 13.5. The maximum absolute atomic E-state index is 10.7. The highest BCUT2D eigenvalue weighted by atomic mass is 16.6. The Hall–Kier alpha value is -2.48. The minimum atomic E-state index is -0.499. The lowest BCUT2D eigenvalue weighted by Gasteiger charge is -2.18. The van der Waals surface area contributed by atoms with Crippen LogP contribution in [0.1, 0.15) is 24.6 Å². The van der Waals surface area contributed by atoms with Gasteiger partial charge in [0.05, 0.1) is 16.2 Å². The van der Waals surface area contributed by atoms with Gasteiger partial charge in [0, 0.05) is 31.3 Å². The van der Waals surface area contributed by atoms with Crippen LogP contribution in [-0.2, 0) is 4.74 Å². The zero-order chi connectivity index (χ0) is 14.8. The average Bonchev–Trinajstić information content (AvgIpc) is 2.97. The molecule has 21 heavy (non-hydrogen) atoms. The molecule has 3 rings (SSSR count). The van der Waals surface area contributed by atoms with E-state index < -0.39 is 4.92 Å². The molecular formula is C13H14N4O4. The Kier molecular flexibility index (Phi) is 3.53. The summed E-state index contributed by atoms with van der Waals surface area (Å²) in [5.74, 6) is 1.13. The van der Waals surface area contributed by atoms with Crippen molar-refractivity contribution in [3.8, 4) is 11.5 Å². The largest absolute Gasteiger partial charge is 0.398 e. The minimum Gasteiger partial charge on any atom is -0.398 e. The number of non-ortho nitro benzene ring substituents is 1. The molecule has 2 N–H and O–H groups in total. The second kappa shape index (κ2) is 5.49. The van der Waals surface area contributed by atoms with Gasteiger partial charge >= 0.3 is 0 Å². The highest BCUT2D eigenvalue weighted by Gasteiger charge is 2.22. The van der Waals surface area contributed by atoms with Crippen LogP contribution in [0.5, 0.6) is 0 Å². The van der Waals surface area contributed by atoms with Gasteiger partial charge in [0.25, 0.3) is 11.6 Å². The molecule has 8 heteroatoms. The third-order valence-corrected chi connectivity index (χ3v) is 3.50. The number of nitro groups is 1. The summed E-state index contributed by atoms with van der Waals surface area (Å²) in [7, 11) is 0. The van der Waals surface area contributed by atoms with E-state index in [9.17, 15) is 10.1 Å². The van der Waals surface area contributed by atoms with Crippen LogP contribution >= 0.6 is 0 Å². The van der Waals surface area contributed by atoms with Gasteiger partial charge in [-0.05, 0) is 18.9 Å². The molecule has 0 amide bonds. The molecule has 1 saturated heterocycles. The number of nitrogens with zero attached hydrogens (tertiary/aromatic N) is 3. The van der Waals surface area contributed by atoms with E-state index in [1.165, 1.54) is 18.2 Å². The molecule has 2 heterocycles. The van der Waals surface area contributed by atoms with Crippen LogP contribution in [0.2, 0.25) is 0 Å². The van der Waals surface area contributed by atoms with Crippen molar-refractivity contribution < 1.29 is 14.2 Å². The highest BCUT2D eigenvalue weighted by molar-refractivity contribution is 5.72. The highest BCUT2D eigenvalue weighted by Crippen LogP contribution is 2.31. The smallest absolute Gasteiger partial charge is 0.271 e. The van der Waals surface area contributed by atoms with E-state index in [4.69, 9.17) is 15.0 Å². The zero-order valence-electron chi connectivity index (χ0n) is 11.2. The summed E-state index contributed by atoms with van der Waals surface area (Å²) in [6, 6.07) is 4.17. The Bertz CT molecular complexity index is 664. The summed E-state index contributed by atoms with van der Waals surface area (Å²) in [6.45, 7) is 1.38. The van der Waals surface area contributed by atoms with Crippen molar-refractivity contribution in [3.63, 3.8) is 0 Å². The number of hydrogen-bond acceptors (Lipinski definition) is 7. The fraction of sp³-hybridized carbons (Fsp3) is 0.385. The predicted octanol–water partition coefficient (Wildman–Crippen LogP) is 2.12. The van der Waals surface area contributed by atoms with Crippen molar-refractivity contribution >= 4 is 11.4 Å². The molecule has 0 saturated carbocycles. The molecule has 0 spiro atoms. The van der Waals surface area contributed by atoms with Crippen LogP contribution in [0, 0.1) is 10.1 Å². The van der Waals surface area contributed by atoms with E-state index in [1.54, 1.807) is 0 Å². The van der Waals surface area contributed by atoms with Crippen LogP contribution in [-0.4, -0.2) is 28.3 Å². The van der Waals surface area contributed by atoms with Gasteiger partial charge in [0.2, 0.25) is 0 Å². The topological polar surface area (TPSA) is 117 Å². The molecule has 0 radical (unpaired) electrons. The summed E-state index contributed by atoms with van der Waals surface area (Å²) >= 11 is 0. The first-order valence-corrected chi connectivity index (χ1v) is 6.61. The normalized spacial score (nSPS) is 16.0. The molecule has 2 aromatic rings. The molecule has 0 unspecified atom stereocenters.